The Morgan fingerprint density at radius 1 is 0.950 bits per heavy atom. The Morgan fingerprint density at radius 2 is 1.60 bits per heavy atom. The molecule has 0 radical (unpaired) electrons. The molecule has 0 atom stereocenters. The summed E-state index contributed by atoms with van der Waals surface area (Å²) in [7, 11) is -3.74. The van der Waals surface area contributed by atoms with Crippen LogP contribution in [-0.4, -0.2) is 18.2 Å². The van der Waals surface area contributed by atoms with E-state index in [2.05, 4.69) is 4.83 Å². The van der Waals surface area contributed by atoms with Crippen molar-refractivity contribution in [1.82, 2.24) is 4.68 Å². The number of para-hydroxylation sites is 1. The van der Waals surface area contributed by atoms with E-state index in [9.17, 15) is 13.5 Å². The molecule has 0 aliphatic rings. The van der Waals surface area contributed by atoms with Gasteiger partial charge in [-0.15, -0.1) is 0 Å². The lowest BCUT2D eigenvalue weighted by molar-refractivity contribution is 0.439. The minimum absolute atomic E-state index is 0.136. The fourth-order valence-electron chi connectivity index (χ4n) is 2.01. The SMILES string of the molecule is O=S(=O)(Nn1c(O)cc2ccccc21)c1ccccc1. The molecule has 20 heavy (non-hydrogen) atoms. The number of rotatable bonds is 3. The first-order chi connectivity index (χ1) is 9.58. The molecule has 0 fully saturated rings. The Balaban J connectivity index is 2.08. The lowest BCUT2D eigenvalue weighted by Crippen LogP contribution is -2.22. The normalized spacial score (nSPS) is 11.6. The molecule has 2 N–H and O–H groups in total. The van der Waals surface area contributed by atoms with Crippen molar-refractivity contribution in [2.24, 2.45) is 0 Å². The standard InChI is InChI=1S/C14H12N2O3S/c17-14-10-11-6-4-5-9-13(11)16(14)15-20(18,19)12-7-2-1-3-8-12/h1-10,15,17H. The first kappa shape index (κ1) is 12.6. The van der Waals surface area contributed by atoms with Crippen LogP contribution in [0.15, 0.2) is 65.6 Å². The molecule has 0 spiro atoms. The molecule has 2 aromatic carbocycles. The van der Waals surface area contributed by atoms with E-state index in [0.717, 1.165) is 10.1 Å². The second-order valence-electron chi connectivity index (χ2n) is 4.30. The van der Waals surface area contributed by atoms with Crippen LogP contribution in [0.2, 0.25) is 0 Å². The molecule has 0 aliphatic heterocycles. The zero-order valence-electron chi connectivity index (χ0n) is 10.4. The average molecular weight is 288 g/mol. The molecule has 1 heterocycles. The molecule has 0 aliphatic carbocycles. The quantitative estimate of drug-likeness (QED) is 0.776. The molecule has 3 rings (SSSR count). The van der Waals surface area contributed by atoms with E-state index in [0.29, 0.717) is 5.52 Å². The van der Waals surface area contributed by atoms with Gasteiger partial charge in [0.15, 0.2) is 0 Å². The molecule has 0 amide bonds. The highest BCUT2D eigenvalue weighted by Gasteiger charge is 2.16. The van der Waals surface area contributed by atoms with Gasteiger partial charge in [0.05, 0.1) is 10.4 Å². The van der Waals surface area contributed by atoms with Gasteiger partial charge < -0.3 is 5.11 Å². The minimum atomic E-state index is -3.74. The number of hydrogen-bond acceptors (Lipinski definition) is 3. The van der Waals surface area contributed by atoms with Gasteiger partial charge in [0.2, 0.25) is 5.88 Å². The molecular formula is C14H12N2O3S. The molecule has 0 unspecified atom stereocenters. The van der Waals surface area contributed by atoms with Crippen molar-refractivity contribution in [3.63, 3.8) is 0 Å². The summed E-state index contributed by atoms with van der Waals surface area (Å²) < 4.78 is 25.7. The van der Waals surface area contributed by atoms with Crippen LogP contribution in [0.1, 0.15) is 0 Å². The van der Waals surface area contributed by atoms with Crippen molar-refractivity contribution in [1.29, 1.82) is 0 Å². The summed E-state index contributed by atoms with van der Waals surface area (Å²) in [6, 6.07) is 16.6. The molecule has 0 bridgehead atoms. The zero-order chi connectivity index (χ0) is 14.2. The number of fused-ring (bicyclic) bond motifs is 1. The highest BCUT2D eigenvalue weighted by atomic mass is 32.2. The van der Waals surface area contributed by atoms with E-state index in [1.807, 2.05) is 6.07 Å². The van der Waals surface area contributed by atoms with Crippen molar-refractivity contribution < 1.29 is 13.5 Å². The van der Waals surface area contributed by atoms with Crippen LogP contribution in [0, 0.1) is 0 Å². The Labute approximate surface area is 116 Å². The number of aromatic nitrogens is 1. The van der Waals surface area contributed by atoms with Crippen LogP contribution in [-0.2, 0) is 10.0 Å². The van der Waals surface area contributed by atoms with E-state index >= 15 is 0 Å². The second kappa shape index (κ2) is 4.57. The molecule has 0 saturated heterocycles. The maximum atomic E-state index is 12.3. The van der Waals surface area contributed by atoms with Gasteiger partial charge in [0.25, 0.3) is 10.0 Å². The van der Waals surface area contributed by atoms with Gasteiger partial charge in [-0.2, -0.15) is 8.42 Å². The summed E-state index contributed by atoms with van der Waals surface area (Å²) in [6.07, 6.45) is 0. The van der Waals surface area contributed by atoms with Gasteiger partial charge in [-0.25, -0.2) is 9.51 Å². The molecule has 6 heteroatoms. The van der Waals surface area contributed by atoms with Crippen LogP contribution >= 0.6 is 0 Å². The first-order valence-corrected chi connectivity index (χ1v) is 7.43. The summed E-state index contributed by atoms with van der Waals surface area (Å²) in [5, 5.41) is 10.6. The number of hydrogen-bond donors (Lipinski definition) is 2. The Morgan fingerprint density at radius 3 is 2.35 bits per heavy atom. The van der Waals surface area contributed by atoms with Crippen molar-refractivity contribution in [2.45, 2.75) is 4.90 Å². The van der Waals surface area contributed by atoms with Crippen molar-refractivity contribution in [3.05, 3.63) is 60.7 Å². The molecule has 0 saturated carbocycles. The number of aromatic hydroxyl groups is 1. The Bertz CT molecular complexity index is 855. The van der Waals surface area contributed by atoms with Crippen LogP contribution in [0.4, 0.5) is 0 Å². The smallest absolute Gasteiger partial charge is 0.275 e. The predicted molar refractivity (Wildman–Crippen MR) is 76.6 cm³/mol. The van der Waals surface area contributed by atoms with E-state index < -0.39 is 10.0 Å². The largest absolute Gasteiger partial charge is 0.493 e. The summed E-state index contributed by atoms with van der Waals surface area (Å²) >= 11 is 0. The average Bonchev–Trinajstić information content (AvgIpc) is 2.76. The third-order valence-corrected chi connectivity index (χ3v) is 4.27. The fraction of sp³-hybridized carbons (Fsp3) is 0. The molecular weight excluding hydrogens is 276 g/mol. The second-order valence-corrected chi connectivity index (χ2v) is 5.97. The predicted octanol–water partition coefficient (Wildman–Crippen LogP) is 2.28. The van der Waals surface area contributed by atoms with Gasteiger partial charge in [0.1, 0.15) is 0 Å². The minimum Gasteiger partial charge on any atom is -0.493 e. The maximum Gasteiger partial charge on any atom is 0.275 e. The Kier molecular flexibility index (Phi) is 2.87. The number of nitrogens with zero attached hydrogens (tertiary/aromatic N) is 1. The van der Waals surface area contributed by atoms with Crippen molar-refractivity contribution in [2.75, 3.05) is 4.83 Å². The van der Waals surface area contributed by atoms with Crippen LogP contribution in [0.5, 0.6) is 5.88 Å². The molecule has 5 nitrogen and oxygen atoms in total. The summed E-state index contributed by atoms with van der Waals surface area (Å²) in [6.45, 7) is 0. The van der Waals surface area contributed by atoms with E-state index in [1.54, 1.807) is 36.4 Å². The highest BCUT2D eigenvalue weighted by molar-refractivity contribution is 7.92. The van der Waals surface area contributed by atoms with Crippen LogP contribution in [0.25, 0.3) is 10.9 Å². The topological polar surface area (TPSA) is 71.3 Å². The highest BCUT2D eigenvalue weighted by Crippen LogP contribution is 2.24. The van der Waals surface area contributed by atoms with Crippen LogP contribution < -0.4 is 4.83 Å². The van der Waals surface area contributed by atoms with Crippen molar-refractivity contribution in [3.8, 4) is 5.88 Å². The van der Waals surface area contributed by atoms with Crippen molar-refractivity contribution >= 4 is 20.9 Å². The van der Waals surface area contributed by atoms with E-state index in [1.165, 1.54) is 18.2 Å². The third kappa shape index (κ3) is 2.10. The number of benzene rings is 2. The van der Waals surface area contributed by atoms with E-state index in [4.69, 9.17) is 0 Å². The van der Waals surface area contributed by atoms with Gasteiger partial charge in [0, 0.05) is 11.5 Å². The van der Waals surface area contributed by atoms with Gasteiger partial charge >= 0.3 is 0 Å². The first-order valence-electron chi connectivity index (χ1n) is 5.95. The van der Waals surface area contributed by atoms with Gasteiger partial charge in [-0.05, 0) is 18.2 Å². The lowest BCUT2D eigenvalue weighted by Gasteiger charge is -2.11. The fourth-order valence-corrected chi connectivity index (χ4v) is 3.06. The maximum absolute atomic E-state index is 12.3. The zero-order valence-corrected chi connectivity index (χ0v) is 11.2. The number of nitrogens with one attached hydrogen (secondary N) is 1. The molecule has 102 valence electrons. The monoisotopic (exact) mass is 288 g/mol. The lowest BCUT2D eigenvalue weighted by atomic mass is 10.3. The van der Waals surface area contributed by atoms with Gasteiger partial charge in [-0.1, -0.05) is 36.4 Å². The summed E-state index contributed by atoms with van der Waals surface area (Å²) in [5.41, 5.74) is 0.588. The third-order valence-electron chi connectivity index (χ3n) is 2.96. The molecule has 1 aromatic heterocycles. The van der Waals surface area contributed by atoms with E-state index in [-0.39, 0.29) is 10.8 Å². The van der Waals surface area contributed by atoms with Crippen LogP contribution in [0.3, 0.4) is 0 Å². The molecule has 3 aromatic rings. The van der Waals surface area contributed by atoms with Gasteiger partial charge in [-0.3, -0.25) is 0 Å². The Hall–Kier alpha value is -2.47. The summed E-state index contributed by atoms with van der Waals surface area (Å²) in [4.78, 5) is 2.50. The number of sulfonamides is 1. The summed E-state index contributed by atoms with van der Waals surface area (Å²) in [5.74, 6) is -0.161.